The van der Waals surface area contributed by atoms with Crippen molar-refractivity contribution in [1.82, 2.24) is 5.32 Å². The van der Waals surface area contributed by atoms with Gasteiger partial charge in [-0.15, -0.1) is 0 Å². The van der Waals surface area contributed by atoms with Crippen LogP contribution in [0.3, 0.4) is 0 Å². The lowest BCUT2D eigenvalue weighted by molar-refractivity contribution is -0.136. The molecule has 0 saturated heterocycles. The summed E-state index contributed by atoms with van der Waals surface area (Å²) in [6, 6.07) is 0. The summed E-state index contributed by atoms with van der Waals surface area (Å²) in [7, 11) is 0. The summed E-state index contributed by atoms with van der Waals surface area (Å²) in [6.45, 7) is 1.88. The van der Waals surface area contributed by atoms with Crippen LogP contribution in [0, 0.1) is 0 Å². The van der Waals surface area contributed by atoms with E-state index in [0.717, 1.165) is 0 Å². The van der Waals surface area contributed by atoms with Gasteiger partial charge in [-0.1, -0.05) is 22.9 Å². The number of nitrogens with one attached hydrogen (secondary N) is 1. The first-order valence-electron chi connectivity index (χ1n) is 4.35. The van der Waals surface area contributed by atoms with Crippen molar-refractivity contribution in [2.75, 3.05) is 6.54 Å². The summed E-state index contributed by atoms with van der Waals surface area (Å²) in [4.78, 5) is 10.7. The van der Waals surface area contributed by atoms with Crippen molar-refractivity contribution in [3.63, 3.8) is 0 Å². The van der Waals surface area contributed by atoms with Crippen molar-refractivity contribution >= 4 is 21.8 Å². The molecule has 1 unspecified atom stereocenters. The molecule has 0 rings (SSSR count). The highest BCUT2D eigenvalue weighted by atomic mass is 79.9. The van der Waals surface area contributed by atoms with Crippen molar-refractivity contribution in [2.45, 2.75) is 37.2 Å². The van der Waals surface area contributed by atoms with Crippen LogP contribution in [0.15, 0.2) is 0 Å². The van der Waals surface area contributed by atoms with E-state index in [0.29, 0.717) is 6.42 Å². The molecule has 0 radical (unpaired) electrons. The summed E-state index contributed by atoms with van der Waals surface area (Å²) >= 11 is 3.10. The fraction of sp³-hybridized carbons (Fsp3) is 0.875. The van der Waals surface area contributed by atoms with Gasteiger partial charge >= 0.3 is 6.18 Å². The quantitative estimate of drug-likeness (QED) is 0.607. The Morgan fingerprint density at radius 1 is 1.50 bits per heavy atom. The van der Waals surface area contributed by atoms with E-state index < -0.39 is 12.6 Å². The van der Waals surface area contributed by atoms with Crippen molar-refractivity contribution in [2.24, 2.45) is 0 Å². The third kappa shape index (κ3) is 7.17. The molecule has 0 aliphatic heterocycles. The minimum atomic E-state index is -4.14. The van der Waals surface area contributed by atoms with E-state index in [9.17, 15) is 18.0 Å². The molecule has 1 amide bonds. The maximum absolute atomic E-state index is 11.7. The molecule has 0 aromatic carbocycles. The molecule has 0 aliphatic carbocycles. The number of carbonyl (C=O) groups excluding carboxylic acids is 1. The van der Waals surface area contributed by atoms with Crippen molar-refractivity contribution in [3.05, 3.63) is 0 Å². The van der Waals surface area contributed by atoms with Gasteiger partial charge in [-0.05, 0) is 12.8 Å². The van der Waals surface area contributed by atoms with Gasteiger partial charge in [0.2, 0.25) is 5.91 Å². The van der Waals surface area contributed by atoms with Gasteiger partial charge in [-0.3, -0.25) is 4.79 Å². The van der Waals surface area contributed by atoms with Gasteiger partial charge in [0.1, 0.15) is 0 Å². The molecule has 0 saturated carbocycles. The highest BCUT2D eigenvalue weighted by Gasteiger charge is 2.26. The third-order valence-electron chi connectivity index (χ3n) is 1.58. The van der Waals surface area contributed by atoms with E-state index in [2.05, 4.69) is 21.2 Å². The van der Waals surface area contributed by atoms with Crippen LogP contribution in [0.2, 0.25) is 0 Å². The Balaban J connectivity index is 3.51. The lowest BCUT2D eigenvalue weighted by atomic mass is 10.3. The SMILES string of the molecule is CCC(Br)C(=O)NCCCC(F)(F)F. The predicted molar refractivity (Wildman–Crippen MR) is 51.3 cm³/mol. The third-order valence-corrected chi connectivity index (χ3v) is 2.64. The monoisotopic (exact) mass is 275 g/mol. The molecule has 0 fully saturated rings. The second-order valence-electron chi connectivity index (χ2n) is 2.89. The topological polar surface area (TPSA) is 29.1 Å². The summed E-state index contributed by atoms with van der Waals surface area (Å²) in [5, 5.41) is 2.42. The van der Waals surface area contributed by atoms with E-state index in [1.807, 2.05) is 6.92 Å². The van der Waals surface area contributed by atoms with Crippen LogP contribution in [0.1, 0.15) is 26.2 Å². The average molecular weight is 276 g/mol. The van der Waals surface area contributed by atoms with Crippen LogP contribution in [0.4, 0.5) is 13.2 Å². The summed E-state index contributed by atoms with van der Waals surface area (Å²) in [5.41, 5.74) is 0. The van der Waals surface area contributed by atoms with Crippen LogP contribution in [0.5, 0.6) is 0 Å². The first-order valence-corrected chi connectivity index (χ1v) is 5.27. The minimum absolute atomic E-state index is 0.0699. The molecule has 0 bridgehead atoms. The van der Waals surface area contributed by atoms with Crippen LogP contribution < -0.4 is 5.32 Å². The van der Waals surface area contributed by atoms with Gasteiger partial charge in [0.05, 0.1) is 4.83 Å². The Bertz CT molecular complexity index is 184. The standard InChI is InChI=1S/C8H13BrF3NO/c1-2-6(9)7(14)13-5-3-4-8(10,11)12/h6H,2-5H2,1H3,(H,13,14). The first kappa shape index (κ1) is 13.7. The first-order chi connectivity index (χ1) is 6.37. The van der Waals surface area contributed by atoms with Crippen molar-refractivity contribution in [1.29, 1.82) is 0 Å². The number of rotatable bonds is 5. The van der Waals surface area contributed by atoms with E-state index in [4.69, 9.17) is 0 Å². The van der Waals surface area contributed by atoms with Gasteiger partial charge in [0, 0.05) is 13.0 Å². The Hall–Kier alpha value is -0.260. The minimum Gasteiger partial charge on any atom is -0.355 e. The van der Waals surface area contributed by atoms with Gasteiger partial charge in [-0.2, -0.15) is 13.2 Å². The van der Waals surface area contributed by atoms with Crippen LogP contribution in [-0.2, 0) is 4.79 Å². The fourth-order valence-corrected chi connectivity index (χ4v) is 0.958. The summed E-state index contributed by atoms with van der Waals surface area (Å²) in [6.07, 6.45) is -4.45. The van der Waals surface area contributed by atoms with Gasteiger partial charge in [0.25, 0.3) is 0 Å². The zero-order valence-electron chi connectivity index (χ0n) is 7.83. The fourth-order valence-electron chi connectivity index (χ4n) is 0.797. The van der Waals surface area contributed by atoms with Crippen LogP contribution in [-0.4, -0.2) is 23.5 Å². The predicted octanol–water partition coefficient (Wildman–Crippen LogP) is 2.62. The van der Waals surface area contributed by atoms with Gasteiger partial charge < -0.3 is 5.32 Å². The number of halogens is 4. The Morgan fingerprint density at radius 2 is 2.07 bits per heavy atom. The molecular formula is C8H13BrF3NO. The largest absolute Gasteiger partial charge is 0.389 e. The summed E-state index contributed by atoms with van der Waals surface area (Å²) in [5.74, 6) is -0.255. The lowest BCUT2D eigenvalue weighted by Gasteiger charge is -2.09. The Kier molecular flexibility index (Phi) is 6.15. The number of amides is 1. The molecule has 14 heavy (non-hydrogen) atoms. The summed E-state index contributed by atoms with van der Waals surface area (Å²) < 4.78 is 35.0. The number of carbonyl (C=O) groups is 1. The second kappa shape index (κ2) is 6.27. The zero-order valence-corrected chi connectivity index (χ0v) is 9.41. The molecule has 84 valence electrons. The molecule has 2 nitrogen and oxygen atoms in total. The lowest BCUT2D eigenvalue weighted by Crippen LogP contribution is -2.31. The molecule has 0 heterocycles. The number of alkyl halides is 4. The van der Waals surface area contributed by atoms with E-state index >= 15 is 0 Å². The Labute approximate surface area is 89.4 Å². The highest BCUT2D eigenvalue weighted by Crippen LogP contribution is 2.20. The molecule has 1 N–H and O–H groups in total. The molecule has 6 heteroatoms. The molecule has 0 aliphatic rings. The van der Waals surface area contributed by atoms with Gasteiger partial charge in [-0.25, -0.2) is 0 Å². The maximum Gasteiger partial charge on any atom is 0.389 e. The normalized spacial score (nSPS) is 13.8. The van der Waals surface area contributed by atoms with Crippen LogP contribution >= 0.6 is 15.9 Å². The zero-order chi connectivity index (χ0) is 11.2. The second-order valence-corrected chi connectivity index (χ2v) is 3.99. The molecule has 0 aromatic heterocycles. The van der Waals surface area contributed by atoms with E-state index in [1.165, 1.54) is 0 Å². The van der Waals surface area contributed by atoms with Crippen LogP contribution in [0.25, 0.3) is 0 Å². The molecule has 1 atom stereocenters. The average Bonchev–Trinajstić information content (AvgIpc) is 2.09. The molecular weight excluding hydrogens is 263 g/mol. The molecule has 0 aromatic rings. The maximum atomic E-state index is 11.7. The van der Waals surface area contributed by atoms with E-state index in [1.54, 1.807) is 0 Å². The number of hydrogen-bond acceptors (Lipinski definition) is 1. The van der Waals surface area contributed by atoms with E-state index in [-0.39, 0.29) is 23.7 Å². The number of hydrogen-bond donors (Lipinski definition) is 1. The van der Waals surface area contributed by atoms with Crippen molar-refractivity contribution in [3.8, 4) is 0 Å². The highest BCUT2D eigenvalue weighted by molar-refractivity contribution is 9.10. The Morgan fingerprint density at radius 3 is 2.50 bits per heavy atom. The van der Waals surface area contributed by atoms with Crippen molar-refractivity contribution < 1.29 is 18.0 Å². The van der Waals surface area contributed by atoms with Gasteiger partial charge in [0.15, 0.2) is 0 Å². The smallest absolute Gasteiger partial charge is 0.355 e. The molecule has 0 spiro atoms.